The summed E-state index contributed by atoms with van der Waals surface area (Å²) in [5.41, 5.74) is 1.41. The molecule has 3 nitrogen and oxygen atoms in total. The number of nitrogens with zero attached hydrogens (tertiary/aromatic N) is 2. The van der Waals surface area contributed by atoms with Gasteiger partial charge < -0.3 is 5.32 Å². The molecule has 72 valence electrons. The molecule has 0 aromatic carbocycles. The topological polar surface area (TPSA) is 29.9 Å². The number of hydrogen-bond acceptors (Lipinski definition) is 2. The van der Waals surface area contributed by atoms with Gasteiger partial charge in [-0.05, 0) is 38.3 Å². The van der Waals surface area contributed by atoms with Crippen LogP contribution in [-0.4, -0.2) is 22.9 Å². The van der Waals surface area contributed by atoms with Crippen LogP contribution in [0.4, 0.5) is 0 Å². The Hall–Kier alpha value is -0.830. The Bertz CT molecular complexity index is 273. The van der Waals surface area contributed by atoms with Crippen LogP contribution in [0.15, 0.2) is 12.4 Å². The molecule has 1 aliphatic carbocycles. The number of aryl methyl sites for hydroxylation is 1. The van der Waals surface area contributed by atoms with E-state index in [0.29, 0.717) is 0 Å². The fraction of sp³-hybridized carbons (Fsp3) is 0.700. The van der Waals surface area contributed by atoms with Crippen molar-refractivity contribution in [2.75, 3.05) is 7.05 Å². The fourth-order valence-corrected chi connectivity index (χ4v) is 1.89. The Kier molecular flexibility index (Phi) is 2.36. The Morgan fingerprint density at radius 2 is 2.38 bits per heavy atom. The largest absolute Gasteiger partial charge is 0.317 e. The lowest BCUT2D eigenvalue weighted by molar-refractivity contribution is 0.307. The van der Waals surface area contributed by atoms with Crippen molar-refractivity contribution >= 4 is 0 Å². The molecular formula is C10H17N3. The Morgan fingerprint density at radius 3 is 2.92 bits per heavy atom. The highest BCUT2D eigenvalue weighted by atomic mass is 15.3. The monoisotopic (exact) mass is 179 g/mol. The van der Waals surface area contributed by atoms with Gasteiger partial charge in [-0.15, -0.1) is 0 Å². The lowest BCUT2D eigenvalue weighted by atomic mass is 9.77. The number of nitrogens with one attached hydrogen (secondary N) is 1. The van der Waals surface area contributed by atoms with Crippen molar-refractivity contribution < 1.29 is 0 Å². The first-order valence-electron chi connectivity index (χ1n) is 5.03. The number of rotatable bonds is 3. The maximum atomic E-state index is 4.28. The molecule has 0 bridgehead atoms. The lowest BCUT2D eigenvalue weighted by Crippen LogP contribution is -2.37. The van der Waals surface area contributed by atoms with Crippen LogP contribution >= 0.6 is 0 Å². The molecule has 0 atom stereocenters. The van der Waals surface area contributed by atoms with E-state index in [4.69, 9.17) is 0 Å². The van der Waals surface area contributed by atoms with Gasteiger partial charge in [-0.25, -0.2) is 0 Å². The first kappa shape index (κ1) is 8.75. The molecule has 3 heteroatoms. The Morgan fingerprint density at radius 1 is 1.62 bits per heavy atom. The summed E-state index contributed by atoms with van der Waals surface area (Å²) >= 11 is 0. The predicted molar refractivity (Wildman–Crippen MR) is 52.7 cm³/mol. The molecule has 0 aliphatic heterocycles. The van der Waals surface area contributed by atoms with Gasteiger partial charge in [0, 0.05) is 18.8 Å². The van der Waals surface area contributed by atoms with E-state index < -0.39 is 0 Å². The second-order valence-corrected chi connectivity index (χ2v) is 3.78. The summed E-state index contributed by atoms with van der Waals surface area (Å²) in [5.74, 6) is 0.748. The van der Waals surface area contributed by atoms with Gasteiger partial charge in [0.05, 0.1) is 6.20 Å². The zero-order valence-electron chi connectivity index (χ0n) is 8.33. The standard InChI is InChI=1S/C10H17N3/c1-3-13-7-9(6-12-13)8-4-10(5-8)11-2/h6-8,10-11H,3-5H2,1-2H3. The van der Waals surface area contributed by atoms with Crippen molar-refractivity contribution in [1.82, 2.24) is 15.1 Å². The van der Waals surface area contributed by atoms with Crippen LogP contribution in [0.2, 0.25) is 0 Å². The second kappa shape index (κ2) is 3.50. The zero-order valence-corrected chi connectivity index (χ0v) is 8.33. The summed E-state index contributed by atoms with van der Waals surface area (Å²) in [6, 6.07) is 0.731. The summed E-state index contributed by atoms with van der Waals surface area (Å²) in [6.45, 7) is 3.09. The van der Waals surface area contributed by atoms with Gasteiger partial charge in [0.1, 0.15) is 0 Å². The van der Waals surface area contributed by atoms with Crippen molar-refractivity contribution in [2.45, 2.75) is 38.3 Å². The van der Waals surface area contributed by atoms with E-state index in [0.717, 1.165) is 18.5 Å². The Balaban J connectivity index is 1.95. The average Bonchev–Trinajstić information content (AvgIpc) is 2.51. The van der Waals surface area contributed by atoms with Gasteiger partial charge in [-0.2, -0.15) is 5.10 Å². The molecule has 0 radical (unpaired) electrons. The van der Waals surface area contributed by atoms with Gasteiger partial charge in [-0.1, -0.05) is 0 Å². The van der Waals surface area contributed by atoms with Crippen molar-refractivity contribution in [3.8, 4) is 0 Å². The summed E-state index contributed by atoms with van der Waals surface area (Å²) in [4.78, 5) is 0. The average molecular weight is 179 g/mol. The first-order valence-corrected chi connectivity index (χ1v) is 5.03. The third-order valence-electron chi connectivity index (χ3n) is 2.99. The molecule has 1 saturated carbocycles. The SMILES string of the molecule is CCn1cc(C2CC(NC)C2)cn1. The van der Waals surface area contributed by atoms with Gasteiger partial charge in [0.2, 0.25) is 0 Å². The third-order valence-corrected chi connectivity index (χ3v) is 2.99. The maximum absolute atomic E-state index is 4.28. The molecule has 1 aromatic heterocycles. The third kappa shape index (κ3) is 1.61. The zero-order chi connectivity index (χ0) is 9.26. The maximum Gasteiger partial charge on any atom is 0.0524 e. The molecule has 13 heavy (non-hydrogen) atoms. The molecule has 1 aliphatic rings. The highest BCUT2D eigenvalue weighted by Crippen LogP contribution is 2.36. The molecule has 0 spiro atoms. The normalized spacial score (nSPS) is 27.2. The molecule has 0 unspecified atom stereocenters. The van der Waals surface area contributed by atoms with E-state index >= 15 is 0 Å². The summed E-state index contributed by atoms with van der Waals surface area (Å²) in [5, 5.41) is 7.58. The molecule has 1 heterocycles. The van der Waals surface area contributed by atoms with E-state index in [9.17, 15) is 0 Å². The van der Waals surface area contributed by atoms with Crippen LogP contribution in [0.3, 0.4) is 0 Å². The second-order valence-electron chi connectivity index (χ2n) is 3.78. The summed E-state index contributed by atoms with van der Waals surface area (Å²) in [7, 11) is 2.04. The highest BCUT2D eigenvalue weighted by Gasteiger charge is 2.29. The van der Waals surface area contributed by atoms with Crippen molar-refractivity contribution in [3.63, 3.8) is 0 Å². The van der Waals surface area contributed by atoms with Crippen LogP contribution in [-0.2, 0) is 6.54 Å². The first-order chi connectivity index (χ1) is 6.33. The molecule has 1 aromatic rings. The molecule has 1 fully saturated rings. The van der Waals surface area contributed by atoms with E-state index in [2.05, 4.69) is 23.5 Å². The van der Waals surface area contributed by atoms with Gasteiger partial charge in [0.15, 0.2) is 0 Å². The minimum atomic E-state index is 0.731. The summed E-state index contributed by atoms with van der Waals surface area (Å²) in [6.07, 6.45) is 6.73. The molecule has 1 N–H and O–H groups in total. The quantitative estimate of drug-likeness (QED) is 0.759. The van der Waals surface area contributed by atoms with Crippen LogP contribution in [0.25, 0.3) is 0 Å². The van der Waals surface area contributed by atoms with Gasteiger partial charge in [0.25, 0.3) is 0 Å². The molecule has 2 rings (SSSR count). The fourth-order valence-electron chi connectivity index (χ4n) is 1.89. The van der Waals surface area contributed by atoms with E-state index in [1.54, 1.807) is 0 Å². The smallest absolute Gasteiger partial charge is 0.0524 e. The predicted octanol–water partition coefficient (Wildman–Crippen LogP) is 1.37. The van der Waals surface area contributed by atoms with Crippen molar-refractivity contribution in [1.29, 1.82) is 0 Å². The minimum Gasteiger partial charge on any atom is -0.317 e. The molecular weight excluding hydrogens is 162 g/mol. The highest BCUT2D eigenvalue weighted by molar-refractivity contribution is 5.16. The number of hydrogen-bond donors (Lipinski definition) is 1. The van der Waals surface area contributed by atoms with Gasteiger partial charge >= 0.3 is 0 Å². The van der Waals surface area contributed by atoms with Crippen LogP contribution in [0, 0.1) is 0 Å². The van der Waals surface area contributed by atoms with Crippen LogP contribution in [0.5, 0.6) is 0 Å². The van der Waals surface area contributed by atoms with Crippen LogP contribution in [0.1, 0.15) is 31.2 Å². The van der Waals surface area contributed by atoms with E-state index in [1.165, 1.54) is 18.4 Å². The van der Waals surface area contributed by atoms with Crippen molar-refractivity contribution in [2.24, 2.45) is 0 Å². The van der Waals surface area contributed by atoms with E-state index in [-0.39, 0.29) is 0 Å². The van der Waals surface area contributed by atoms with Crippen LogP contribution < -0.4 is 5.32 Å². The lowest BCUT2D eigenvalue weighted by Gasteiger charge is -2.34. The number of aromatic nitrogens is 2. The molecule has 0 saturated heterocycles. The molecule has 0 amide bonds. The Labute approximate surface area is 79.1 Å². The minimum absolute atomic E-state index is 0.731. The van der Waals surface area contributed by atoms with Gasteiger partial charge in [-0.3, -0.25) is 4.68 Å². The van der Waals surface area contributed by atoms with E-state index in [1.807, 2.05) is 17.9 Å². The van der Waals surface area contributed by atoms with Crippen molar-refractivity contribution in [3.05, 3.63) is 18.0 Å². The summed E-state index contributed by atoms with van der Waals surface area (Å²) < 4.78 is 2.00.